The Morgan fingerprint density at radius 3 is 2.44 bits per heavy atom. The number of thiol groups is 1. The molecule has 2 unspecified atom stereocenters. The molecule has 10 atom stereocenters. The Kier molecular flexibility index (Phi) is 14.7. The number of anilines is 2. The molecule has 3 fully saturated rings. The molecule has 2 bridgehead atoms. The molecule has 5 aromatic rings. The number of halogens is 1. The number of fused-ring (bicyclic) bond motifs is 5. The summed E-state index contributed by atoms with van der Waals surface area (Å²) in [6.07, 6.45) is -7.46. The minimum absolute atomic E-state index is 0.0225. The Morgan fingerprint density at radius 1 is 1.03 bits per heavy atom. The molecule has 1 aromatic carbocycles. The second-order valence-corrected chi connectivity index (χ2v) is 26.6. The number of nitrogens with zero attached hydrogens (tertiary/aromatic N) is 8. The van der Waals surface area contributed by atoms with Crippen molar-refractivity contribution in [2.24, 2.45) is 5.92 Å². The number of nitriles is 1. The van der Waals surface area contributed by atoms with Gasteiger partial charge in [0.15, 0.2) is 55.1 Å². The van der Waals surface area contributed by atoms with Gasteiger partial charge in [-0.2, -0.15) is 10.2 Å². The van der Waals surface area contributed by atoms with E-state index in [2.05, 4.69) is 52.8 Å². The number of H-pyrrole nitrogens is 1. The SMILES string of the molecule is CC(C)C(=O)Nc1nc2c(ncn2[C@@H]2O[C@@H]3COP(OCCC#N)O[C@H]4[C@@H](F)[C@H](n5cnc6c(NC(=O)c7ccccc7)ncnc65)O[C@@H]4COP(=O)(S)O[C@@H]2[C@@H]3O[Si](C)(C)C(C)(C)C)c(=O)[nH]1. The lowest BCUT2D eigenvalue weighted by molar-refractivity contribution is -0.118. The molecule has 7 heterocycles. The van der Waals surface area contributed by atoms with Gasteiger partial charge in [-0.15, -0.1) is 0 Å². The van der Waals surface area contributed by atoms with Gasteiger partial charge in [-0.25, -0.2) is 28.9 Å². The van der Waals surface area contributed by atoms with Crippen molar-refractivity contribution in [2.45, 2.75) is 108 Å². The van der Waals surface area contributed by atoms with Crippen molar-refractivity contribution in [2.75, 3.05) is 30.5 Å². The van der Waals surface area contributed by atoms with E-state index in [-0.39, 0.29) is 58.8 Å². The van der Waals surface area contributed by atoms with Gasteiger partial charge >= 0.3 is 15.4 Å². The van der Waals surface area contributed by atoms with E-state index >= 15 is 4.39 Å². The zero-order valence-corrected chi connectivity index (χ0v) is 41.5. The van der Waals surface area contributed by atoms with Gasteiger partial charge in [-0.05, 0) is 30.3 Å². The Hall–Kier alpha value is -4.61. The number of imidazole rings is 2. The van der Waals surface area contributed by atoms with Crippen molar-refractivity contribution in [1.82, 2.24) is 39.0 Å². The number of benzene rings is 1. The molecule has 8 rings (SSSR count). The van der Waals surface area contributed by atoms with Gasteiger partial charge in [0.2, 0.25) is 11.9 Å². The quantitative estimate of drug-likeness (QED) is 0.0486. The highest BCUT2D eigenvalue weighted by Crippen LogP contribution is 2.59. The van der Waals surface area contributed by atoms with Crippen LogP contribution in [0.3, 0.4) is 0 Å². The minimum atomic E-state index is -4.53. The third kappa shape index (κ3) is 10.4. The van der Waals surface area contributed by atoms with Crippen LogP contribution in [-0.2, 0) is 45.9 Å². The van der Waals surface area contributed by atoms with Gasteiger partial charge < -0.3 is 32.8 Å². The van der Waals surface area contributed by atoms with Crippen LogP contribution in [0, 0.1) is 17.2 Å². The number of nitrogens with one attached hydrogen (secondary N) is 3. The second-order valence-electron chi connectivity index (χ2n) is 17.8. The fraction of sp³-hybridized carbons (Fsp3) is 0.525. The molecule has 28 heteroatoms. The number of alkyl halides is 1. The largest absolute Gasteiger partial charge is 0.408 e. The first-order valence-electron chi connectivity index (χ1n) is 21.4. The van der Waals surface area contributed by atoms with E-state index in [1.54, 1.807) is 44.2 Å². The van der Waals surface area contributed by atoms with Crippen LogP contribution in [0.15, 0.2) is 54.1 Å². The Balaban J connectivity index is 1.14. The molecular formula is C40H50FN11O12P2SSi. The Morgan fingerprint density at radius 2 is 1.74 bits per heavy atom. The van der Waals surface area contributed by atoms with Crippen molar-refractivity contribution in [3.05, 3.63) is 65.2 Å². The first-order chi connectivity index (χ1) is 32.2. The molecule has 3 saturated heterocycles. The van der Waals surface area contributed by atoms with Crippen molar-refractivity contribution in [3.8, 4) is 6.07 Å². The maximum Gasteiger partial charge on any atom is 0.386 e. The average Bonchev–Trinajstić information content (AvgIpc) is 4.06. The third-order valence-electron chi connectivity index (χ3n) is 11.8. The van der Waals surface area contributed by atoms with Crippen molar-refractivity contribution >= 4 is 81.9 Å². The lowest BCUT2D eigenvalue weighted by Gasteiger charge is -2.40. The highest BCUT2D eigenvalue weighted by atomic mass is 32.7. The highest BCUT2D eigenvalue weighted by Gasteiger charge is 2.56. The summed E-state index contributed by atoms with van der Waals surface area (Å²) in [5, 5.41) is 14.3. The first kappa shape index (κ1) is 49.8. The third-order valence-corrected chi connectivity index (χ3v) is 19.0. The number of rotatable bonds is 11. The summed E-state index contributed by atoms with van der Waals surface area (Å²) >= 11 is 4.40. The van der Waals surface area contributed by atoms with E-state index in [0.717, 1.165) is 0 Å². The van der Waals surface area contributed by atoms with Crippen molar-refractivity contribution in [1.29, 1.82) is 5.26 Å². The number of amides is 2. The normalized spacial score (nSPS) is 28.1. The monoisotopic (exact) mass is 1020 g/mol. The van der Waals surface area contributed by atoms with E-state index in [1.165, 1.54) is 28.1 Å². The van der Waals surface area contributed by atoms with Crippen LogP contribution in [0.25, 0.3) is 22.3 Å². The highest BCUT2D eigenvalue weighted by molar-refractivity contribution is 8.44. The van der Waals surface area contributed by atoms with Gasteiger partial charge in [0.25, 0.3) is 11.5 Å². The fourth-order valence-corrected chi connectivity index (χ4v) is 11.1. The zero-order valence-electron chi connectivity index (χ0n) is 37.8. The molecular weight excluding hydrogens is 968 g/mol. The van der Waals surface area contributed by atoms with Crippen LogP contribution in [0.2, 0.25) is 18.1 Å². The molecule has 3 aliphatic rings. The molecule has 0 spiro atoms. The fourth-order valence-electron chi connectivity index (χ4n) is 7.20. The van der Waals surface area contributed by atoms with Crippen LogP contribution in [0.1, 0.15) is 63.9 Å². The molecule has 0 aliphatic carbocycles. The minimum Gasteiger partial charge on any atom is -0.408 e. The summed E-state index contributed by atoms with van der Waals surface area (Å²) in [5.41, 5.74) is -0.197. The van der Waals surface area contributed by atoms with Crippen LogP contribution in [0.5, 0.6) is 0 Å². The van der Waals surface area contributed by atoms with Crippen LogP contribution < -0.4 is 16.2 Å². The van der Waals surface area contributed by atoms with Crippen LogP contribution in [-0.4, -0.2) is 116 Å². The Labute approximate surface area is 395 Å². The maximum absolute atomic E-state index is 17.1. The number of hydrogen-bond donors (Lipinski definition) is 4. The molecule has 23 nitrogen and oxygen atoms in total. The predicted octanol–water partition coefficient (Wildman–Crippen LogP) is 6.34. The maximum atomic E-state index is 17.1. The van der Waals surface area contributed by atoms with Crippen LogP contribution >= 0.6 is 27.6 Å². The summed E-state index contributed by atoms with van der Waals surface area (Å²) in [6.45, 7) is 7.74. The standard InChI is InChI=1S/C40H50FN11O12P2SSi/c1-21(2)34(53)49-39-48-33-27(36(55)50-39)46-20-52(33)38-30-29(64-68(6,7)40(3,4)5)23(61-38)16-58-65(57-15-11-14-42)62-28-24(17-59-66(56,67)63-30)60-37(25(28)41)51-19-45-26-31(43-18-44-32(26)51)47-35(54)22-12-9-8-10-13-22/h8-10,12-13,18-21,23-25,28-30,37-38H,11,15-17H2,1-7H3,(H,56,67)(H,43,44,47,54)(H2,48,49,50,53,55)/t23-,24-,25-,28-,29-,30-,37-,38-,65?,66?/m1/s1. The van der Waals surface area contributed by atoms with Gasteiger partial charge in [-0.1, -0.05) is 65.1 Å². The molecule has 2 amide bonds. The number of ether oxygens (including phenoxy) is 2. The molecule has 0 saturated carbocycles. The lowest BCUT2D eigenvalue weighted by atomic mass is 10.1. The van der Waals surface area contributed by atoms with Crippen LogP contribution in [0.4, 0.5) is 16.2 Å². The average molecular weight is 1020 g/mol. The van der Waals surface area contributed by atoms with Crippen molar-refractivity contribution < 1.29 is 55.1 Å². The second kappa shape index (κ2) is 20.0. The number of aromatic nitrogens is 8. The lowest BCUT2D eigenvalue weighted by Crippen LogP contribution is -2.50. The molecule has 4 aromatic heterocycles. The molecule has 0 radical (unpaired) electrons. The number of hydrogen-bond acceptors (Lipinski definition) is 18. The van der Waals surface area contributed by atoms with E-state index < -0.39 is 103 Å². The summed E-state index contributed by atoms with van der Waals surface area (Å²) in [5.74, 6) is -1.41. The Bertz CT molecular complexity index is 2810. The molecule has 68 heavy (non-hydrogen) atoms. The number of aromatic amines is 1. The first-order valence-corrected chi connectivity index (χ1v) is 28.1. The smallest absolute Gasteiger partial charge is 0.386 e. The predicted molar refractivity (Wildman–Crippen MR) is 247 cm³/mol. The van der Waals surface area contributed by atoms with Gasteiger partial charge in [0.1, 0.15) is 36.8 Å². The molecule has 3 N–H and O–H groups in total. The summed E-state index contributed by atoms with van der Waals surface area (Å²) < 4.78 is 85.0. The van der Waals surface area contributed by atoms with Gasteiger partial charge in [-0.3, -0.25) is 42.9 Å². The van der Waals surface area contributed by atoms with Gasteiger partial charge in [0, 0.05) is 11.5 Å². The van der Waals surface area contributed by atoms with E-state index in [1.807, 2.05) is 39.9 Å². The number of carbonyl (C=O) groups is 2. The summed E-state index contributed by atoms with van der Waals surface area (Å²) in [6, 6.07) is 10.4. The van der Waals surface area contributed by atoms with Crippen molar-refractivity contribution in [3.63, 3.8) is 0 Å². The topological polar surface area (TPSA) is 280 Å². The molecule has 364 valence electrons. The summed E-state index contributed by atoms with van der Waals surface area (Å²) in [7, 11) is -5.27. The van der Waals surface area contributed by atoms with E-state index in [9.17, 15) is 24.2 Å². The number of carbonyl (C=O) groups excluding carboxylic acids is 2. The zero-order chi connectivity index (χ0) is 48.7. The van der Waals surface area contributed by atoms with E-state index in [4.69, 9.17) is 36.5 Å². The summed E-state index contributed by atoms with van der Waals surface area (Å²) in [4.78, 5) is 63.1. The van der Waals surface area contributed by atoms with E-state index in [0.29, 0.717) is 5.56 Å². The van der Waals surface area contributed by atoms with Gasteiger partial charge in [0.05, 0.1) is 45.0 Å². The molecule has 3 aliphatic heterocycles.